The van der Waals surface area contributed by atoms with Crippen LogP contribution in [0.25, 0.3) is 11.4 Å². The second-order valence-corrected chi connectivity index (χ2v) is 7.85. The lowest BCUT2D eigenvalue weighted by molar-refractivity contribution is 0.360. The molecule has 0 fully saturated rings. The quantitative estimate of drug-likeness (QED) is 0.688. The van der Waals surface area contributed by atoms with Gasteiger partial charge in [0.2, 0.25) is 11.7 Å². The highest BCUT2D eigenvalue weighted by molar-refractivity contribution is 5.55. The molecule has 0 spiro atoms. The van der Waals surface area contributed by atoms with Gasteiger partial charge in [0, 0.05) is 11.6 Å². The average molecular weight is 349 g/mol. The molecule has 1 aromatic heterocycles. The summed E-state index contributed by atoms with van der Waals surface area (Å²) < 4.78 is 5.40. The number of aromatic nitrogens is 2. The molecule has 0 bridgehead atoms. The summed E-state index contributed by atoms with van der Waals surface area (Å²) >= 11 is 0. The first kappa shape index (κ1) is 18.3. The average Bonchev–Trinajstić information content (AvgIpc) is 3.09. The van der Waals surface area contributed by atoms with Crippen molar-refractivity contribution in [2.75, 3.05) is 0 Å². The first-order valence-electron chi connectivity index (χ1n) is 9.06. The monoisotopic (exact) mass is 349 g/mol. The zero-order valence-corrected chi connectivity index (χ0v) is 16.2. The van der Waals surface area contributed by atoms with Crippen molar-refractivity contribution < 1.29 is 4.52 Å². The molecule has 1 unspecified atom stereocenters. The van der Waals surface area contributed by atoms with Gasteiger partial charge >= 0.3 is 0 Å². The lowest BCUT2D eigenvalue weighted by atomic mass is 9.87. The van der Waals surface area contributed by atoms with Crippen molar-refractivity contribution in [3.8, 4) is 11.4 Å². The molecule has 1 atom stereocenters. The highest BCUT2D eigenvalue weighted by atomic mass is 16.5. The van der Waals surface area contributed by atoms with E-state index in [9.17, 15) is 0 Å². The zero-order chi connectivity index (χ0) is 18.7. The third kappa shape index (κ3) is 4.38. The van der Waals surface area contributed by atoms with Crippen LogP contribution in [0.15, 0.2) is 53.1 Å². The number of benzene rings is 2. The van der Waals surface area contributed by atoms with E-state index < -0.39 is 0 Å². The van der Waals surface area contributed by atoms with E-state index in [4.69, 9.17) is 4.52 Å². The summed E-state index contributed by atoms with van der Waals surface area (Å²) in [5.41, 5.74) is 4.91. The number of hydrogen-bond donors (Lipinski definition) is 1. The van der Waals surface area contributed by atoms with Crippen LogP contribution in [0.3, 0.4) is 0 Å². The van der Waals surface area contributed by atoms with Crippen LogP contribution < -0.4 is 5.32 Å². The number of hydrogen-bond acceptors (Lipinski definition) is 4. The molecule has 3 aromatic rings. The molecule has 2 aromatic carbocycles. The second kappa shape index (κ2) is 7.42. The van der Waals surface area contributed by atoms with Crippen LogP contribution >= 0.6 is 0 Å². The van der Waals surface area contributed by atoms with E-state index in [-0.39, 0.29) is 11.5 Å². The summed E-state index contributed by atoms with van der Waals surface area (Å²) in [5, 5.41) is 7.55. The molecule has 26 heavy (non-hydrogen) atoms. The molecular weight excluding hydrogens is 322 g/mol. The molecule has 0 saturated heterocycles. The topological polar surface area (TPSA) is 51.0 Å². The lowest BCUT2D eigenvalue weighted by Crippen LogP contribution is -2.18. The summed E-state index contributed by atoms with van der Waals surface area (Å²) in [5.74, 6) is 1.23. The molecule has 136 valence electrons. The van der Waals surface area contributed by atoms with Crippen molar-refractivity contribution in [1.82, 2.24) is 15.5 Å². The largest absolute Gasteiger partial charge is 0.338 e. The Bertz CT molecular complexity index is 842. The molecule has 0 amide bonds. The Balaban J connectivity index is 1.63. The van der Waals surface area contributed by atoms with Crippen molar-refractivity contribution in [1.29, 1.82) is 0 Å². The van der Waals surface area contributed by atoms with Crippen LogP contribution in [0.5, 0.6) is 0 Å². The van der Waals surface area contributed by atoms with Crippen LogP contribution in [-0.2, 0) is 12.0 Å². The Morgan fingerprint density at radius 3 is 2.27 bits per heavy atom. The molecule has 4 nitrogen and oxygen atoms in total. The third-order valence-electron chi connectivity index (χ3n) is 4.61. The fraction of sp³-hybridized carbons (Fsp3) is 0.364. The van der Waals surface area contributed by atoms with Gasteiger partial charge in [0.1, 0.15) is 0 Å². The molecule has 3 rings (SSSR count). The normalized spacial score (nSPS) is 13.0. The van der Waals surface area contributed by atoms with Crippen LogP contribution in [0.4, 0.5) is 0 Å². The van der Waals surface area contributed by atoms with E-state index in [2.05, 4.69) is 98.6 Å². The Morgan fingerprint density at radius 1 is 1.00 bits per heavy atom. The highest BCUT2D eigenvalue weighted by Crippen LogP contribution is 2.25. The Hall–Kier alpha value is -2.46. The summed E-state index contributed by atoms with van der Waals surface area (Å²) in [6.45, 7) is 11.4. The van der Waals surface area contributed by atoms with Crippen molar-refractivity contribution in [3.05, 3.63) is 71.1 Å². The molecule has 4 heteroatoms. The Labute approximate surface area is 155 Å². The van der Waals surface area contributed by atoms with Crippen LogP contribution in [0.2, 0.25) is 0 Å². The molecule has 0 radical (unpaired) electrons. The number of rotatable bonds is 5. The van der Waals surface area contributed by atoms with E-state index in [0.717, 1.165) is 5.56 Å². The smallest absolute Gasteiger partial charge is 0.240 e. The van der Waals surface area contributed by atoms with Gasteiger partial charge in [0.05, 0.1) is 6.54 Å². The van der Waals surface area contributed by atoms with E-state index in [0.29, 0.717) is 18.3 Å². The van der Waals surface area contributed by atoms with Gasteiger partial charge in [-0.15, -0.1) is 0 Å². The van der Waals surface area contributed by atoms with Gasteiger partial charge in [-0.3, -0.25) is 0 Å². The van der Waals surface area contributed by atoms with E-state index in [1.54, 1.807) is 0 Å². The SMILES string of the molecule is Cc1ccc(C(C)NCc2nc(-c3ccc(C(C)(C)C)cc3)no2)cc1. The van der Waals surface area contributed by atoms with Gasteiger partial charge in [-0.2, -0.15) is 4.98 Å². The molecule has 0 saturated carbocycles. The van der Waals surface area contributed by atoms with Gasteiger partial charge < -0.3 is 9.84 Å². The molecule has 0 aliphatic heterocycles. The van der Waals surface area contributed by atoms with Gasteiger partial charge in [-0.05, 0) is 30.4 Å². The maximum Gasteiger partial charge on any atom is 0.240 e. The highest BCUT2D eigenvalue weighted by Gasteiger charge is 2.15. The number of nitrogens with one attached hydrogen (secondary N) is 1. The van der Waals surface area contributed by atoms with Crippen LogP contribution in [-0.4, -0.2) is 10.1 Å². The van der Waals surface area contributed by atoms with Crippen molar-refractivity contribution >= 4 is 0 Å². The lowest BCUT2D eigenvalue weighted by Gasteiger charge is -2.18. The van der Waals surface area contributed by atoms with Gasteiger partial charge in [-0.25, -0.2) is 0 Å². The van der Waals surface area contributed by atoms with E-state index in [1.165, 1.54) is 16.7 Å². The summed E-state index contributed by atoms with van der Waals surface area (Å²) in [7, 11) is 0. The minimum Gasteiger partial charge on any atom is -0.338 e. The van der Waals surface area contributed by atoms with Gasteiger partial charge in [-0.1, -0.05) is 80.0 Å². The van der Waals surface area contributed by atoms with Crippen molar-refractivity contribution in [3.63, 3.8) is 0 Å². The third-order valence-corrected chi connectivity index (χ3v) is 4.61. The van der Waals surface area contributed by atoms with Crippen molar-refractivity contribution in [2.45, 2.75) is 52.6 Å². The number of aryl methyl sites for hydroxylation is 1. The maximum absolute atomic E-state index is 5.40. The first-order chi connectivity index (χ1) is 12.3. The van der Waals surface area contributed by atoms with E-state index >= 15 is 0 Å². The molecule has 0 aliphatic carbocycles. The van der Waals surface area contributed by atoms with Crippen molar-refractivity contribution in [2.24, 2.45) is 0 Å². The Morgan fingerprint density at radius 2 is 1.65 bits per heavy atom. The minimum atomic E-state index is 0.136. The minimum absolute atomic E-state index is 0.136. The second-order valence-electron chi connectivity index (χ2n) is 7.85. The fourth-order valence-corrected chi connectivity index (χ4v) is 2.78. The molecule has 0 aliphatic rings. The molecule has 1 heterocycles. The standard InChI is InChI=1S/C22H27N3O/c1-15-6-8-17(9-7-15)16(2)23-14-20-24-21(25-26-20)18-10-12-19(13-11-18)22(3,4)5/h6-13,16,23H,14H2,1-5H3. The number of nitrogens with zero attached hydrogens (tertiary/aromatic N) is 2. The first-order valence-corrected chi connectivity index (χ1v) is 9.06. The summed E-state index contributed by atoms with van der Waals surface area (Å²) in [6, 6.07) is 17.1. The predicted octanol–water partition coefficient (Wildman–Crippen LogP) is 5.19. The van der Waals surface area contributed by atoms with Crippen LogP contribution in [0, 0.1) is 6.92 Å². The summed E-state index contributed by atoms with van der Waals surface area (Å²) in [6.07, 6.45) is 0. The van der Waals surface area contributed by atoms with Gasteiger partial charge in [0.25, 0.3) is 0 Å². The zero-order valence-electron chi connectivity index (χ0n) is 16.2. The fourth-order valence-electron chi connectivity index (χ4n) is 2.78. The van der Waals surface area contributed by atoms with Gasteiger partial charge in [0.15, 0.2) is 0 Å². The molecule has 1 N–H and O–H groups in total. The Kier molecular flexibility index (Phi) is 5.23. The maximum atomic E-state index is 5.40. The van der Waals surface area contributed by atoms with E-state index in [1.807, 2.05) is 0 Å². The predicted molar refractivity (Wildman–Crippen MR) is 105 cm³/mol. The van der Waals surface area contributed by atoms with Crippen LogP contribution in [0.1, 0.15) is 56.3 Å². The summed E-state index contributed by atoms with van der Waals surface area (Å²) in [4.78, 5) is 4.51. The molecular formula is C22H27N3O.